The Morgan fingerprint density at radius 1 is 1.15 bits per heavy atom. The Morgan fingerprint density at radius 3 is 2.65 bits per heavy atom. The van der Waals surface area contributed by atoms with Gasteiger partial charge in [0.05, 0.1) is 0 Å². The number of piperidine rings is 1. The van der Waals surface area contributed by atoms with E-state index in [1.807, 2.05) is 40.7 Å². The van der Waals surface area contributed by atoms with Crippen LogP contribution in [0.5, 0.6) is 5.75 Å². The molecule has 0 aliphatic carbocycles. The standard InChI is InChI=1S/C23H25Cl3N4O3S/c1-14-5-2-3-7-18(14)33-13-19(31)27-21(23(24,25)26)28-22(34)29-10-15-9-16(12-29)17-6-4-8-20(32)30(17)11-15/h2-8,15-16,21H,9-13H2,1H3,(H,27,31)(H,28,34)/t15-,16-,21+/m1/s1. The van der Waals surface area contributed by atoms with Crippen molar-refractivity contribution >= 4 is 58.0 Å². The molecule has 1 aromatic heterocycles. The molecule has 0 unspecified atom stereocenters. The van der Waals surface area contributed by atoms with Crippen LogP contribution in [0, 0.1) is 12.8 Å². The highest BCUT2D eigenvalue weighted by molar-refractivity contribution is 7.80. The number of likely N-dealkylation sites (tertiary alicyclic amines) is 1. The molecule has 0 spiro atoms. The average molecular weight is 544 g/mol. The van der Waals surface area contributed by atoms with E-state index in [1.54, 1.807) is 18.2 Å². The molecule has 2 bridgehead atoms. The van der Waals surface area contributed by atoms with Crippen molar-refractivity contribution in [3.63, 3.8) is 0 Å². The van der Waals surface area contributed by atoms with Gasteiger partial charge in [-0.2, -0.15) is 0 Å². The Kier molecular flexibility index (Phi) is 7.62. The summed E-state index contributed by atoms with van der Waals surface area (Å²) in [4.78, 5) is 26.8. The molecule has 1 fully saturated rings. The van der Waals surface area contributed by atoms with Gasteiger partial charge in [0.1, 0.15) is 11.9 Å². The fraction of sp³-hybridized carbons (Fsp3) is 0.435. The molecule has 4 rings (SSSR count). The number of amides is 1. The number of thiocarbonyl (C=S) groups is 1. The normalized spacial score (nSPS) is 20.2. The van der Waals surface area contributed by atoms with Gasteiger partial charge in [-0.1, -0.05) is 59.1 Å². The zero-order valence-corrected chi connectivity index (χ0v) is 21.6. The van der Waals surface area contributed by atoms with Crippen LogP contribution < -0.4 is 20.9 Å². The van der Waals surface area contributed by atoms with Gasteiger partial charge in [-0.15, -0.1) is 0 Å². The van der Waals surface area contributed by atoms with Gasteiger partial charge in [-0.25, -0.2) is 0 Å². The SMILES string of the molecule is Cc1ccccc1OCC(=O)N[C@@H](NC(=S)N1C[C@H]2C[C@H](C1)c1cccc(=O)n1C2)C(Cl)(Cl)Cl. The van der Waals surface area contributed by atoms with E-state index in [0.29, 0.717) is 30.5 Å². The molecule has 2 N–H and O–H groups in total. The van der Waals surface area contributed by atoms with E-state index in [0.717, 1.165) is 17.7 Å². The molecule has 182 valence electrons. The van der Waals surface area contributed by atoms with Crippen molar-refractivity contribution in [2.24, 2.45) is 5.92 Å². The van der Waals surface area contributed by atoms with Crippen LogP contribution in [-0.2, 0) is 11.3 Å². The molecule has 3 heterocycles. The van der Waals surface area contributed by atoms with Crippen LogP contribution in [0.15, 0.2) is 47.3 Å². The molecule has 3 atom stereocenters. The Hall–Kier alpha value is -2.00. The highest BCUT2D eigenvalue weighted by Gasteiger charge is 2.38. The largest absolute Gasteiger partial charge is 0.484 e. The Morgan fingerprint density at radius 2 is 1.91 bits per heavy atom. The molecule has 2 aromatic rings. The van der Waals surface area contributed by atoms with Crippen LogP contribution in [0.3, 0.4) is 0 Å². The molecule has 34 heavy (non-hydrogen) atoms. The van der Waals surface area contributed by atoms with Gasteiger partial charge >= 0.3 is 0 Å². The predicted molar refractivity (Wildman–Crippen MR) is 138 cm³/mol. The highest BCUT2D eigenvalue weighted by Crippen LogP contribution is 2.35. The van der Waals surface area contributed by atoms with E-state index in [9.17, 15) is 9.59 Å². The van der Waals surface area contributed by atoms with Crippen molar-refractivity contribution in [1.82, 2.24) is 20.1 Å². The van der Waals surface area contributed by atoms with Crippen molar-refractivity contribution < 1.29 is 9.53 Å². The van der Waals surface area contributed by atoms with Gasteiger partial charge in [0.25, 0.3) is 11.5 Å². The second kappa shape index (κ2) is 10.3. The van der Waals surface area contributed by atoms with Crippen LogP contribution in [-0.4, -0.2) is 50.1 Å². The van der Waals surface area contributed by atoms with Crippen molar-refractivity contribution in [3.8, 4) is 5.75 Å². The minimum Gasteiger partial charge on any atom is -0.484 e. The van der Waals surface area contributed by atoms with E-state index in [4.69, 9.17) is 51.8 Å². The quantitative estimate of drug-likeness (QED) is 0.342. The molecular weight excluding hydrogens is 519 g/mol. The van der Waals surface area contributed by atoms with Gasteiger partial charge in [-0.05, 0) is 49.2 Å². The summed E-state index contributed by atoms with van der Waals surface area (Å²) in [7, 11) is 0. The number of halogens is 3. The monoisotopic (exact) mass is 542 g/mol. The molecule has 11 heteroatoms. The van der Waals surface area contributed by atoms with E-state index in [-0.39, 0.29) is 24.0 Å². The smallest absolute Gasteiger partial charge is 0.259 e. The number of nitrogens with one attached hydrogen (secondary N) is 2. The van der Waals surface area contributed by atoms with Gasteiger partial charge in [0.15, 0.2) is 11.7 Å². The van der Waals surface area contributed by atoms with Gasteiger partial charge in [0.2, 0.25) is 3.79 Å². The highest BCUT2D eigenvalue weighted by atomic mass is 35.6. The number of aromatic nitrogens is 1. The van der Waals surface area contributed by atoms with Crippen molar-refractivity contribution in [3.05, 3.63) is 64.1 Å². The van der Waals surface area contributed by atoms with Gasteiger partial charge in [-0.3, -0.25) is 9.59 Å². The number of alkyl halides is 3. The first-order chi connectivity index (χ1) is 16.1. The fourth-order valence-electron chi connectivity index (χ4n) is 4.54. The lowest BCUT2D eigenvalue weighted by atomic mass is 9.83. The van der Waals surface area contributed by atoms with Crippen molar-refractivity contribution in [1.29, 1.82) is 0 Å². The van der Waals surface area contributed by atoms with E-state index in [1.165, 1.54) is 0 Å². The summed E-state index contributed by atoms with van der Waals surface area (Å²) < 4.78 is 5.59. The number of benzene rings is 1. The molecule has 2 aliphatic heterocycles. The van der Waals surface area contributed by atoms with Gasteiger partial charge < -0.3 is 24.8 Å². The third-order valence-corrected chi connectivity index (χ3v) is 7.15. The minimum atomic E-state index is -1.85. The molecule has 7 nitrogen and oxygen atoms in total. The summed E-state index contributed by atoms with van der Waals surface area (Å²) in [5.41, 5.74) is 1.94. The number of rotatable bonds is 5. The van der Waals surface area contributed by atoms with Crippen LogP contribution in [0.25, 0.3) is 0 Å². The van der Waals surface area contributed by atoms with Crippen LogP contribution in [0.4, 0.5) is 0 Å². The average Bonchev–Trinajstić information content (AvgIpc) is 2.78. The number of nitrogens with zero attached hydrogens (tertiary/aromatic N) is 2. The first-order valence-electron chi connectivity index (χ1n) is 10.9. The Bertz CT molecular complexity index is 1140. The molecular formula is C23H25Cl3N4O3S. The zero-order chi connectivity index (χ0) is 24.5. The van der Waals surface area contributed by atoms with Crippen molar-refractivity contribution in [2.45, 2.75) is 35.8 Å². The second-order valence-electron chi connectivity index (χ2n) is 8.65. The molecule has 0 saturated carbocycles. The molecule has 1 aromatic carbocycles. The van der Waals surface area contributed by atoms with E-state index >= 15 is 0 Å². The zero-order valence-electron chi connectivity index (χ0n) is 18.5. The summed E-state index contributed by atoms with van der Waals surface area (Å²) in [6.45, 7) is 3.59. The number of carbonyl (C=O) groups excluding carboxylic acids is 1. The summed E-state index contributed by atoms with van der Waals surface area (Å²) in [5.74, 6) is 0.586. The number of carbonyl (C=O) groups is 1. The van der Waals surface area contributed by atoms with Crippen LogP contribution in [0.1, 0.15) is 23.6 Å². The molecule has 0 radical (unpaired) electrons. The predicted octanol–water partition coefficient (Wildman–Crippen LogP) is 3.34. The number of fused-ring (bicyclic) bond motifs is 4. The summed E-state index contributed by atoms with van der Waals surface area (Å²) in [6.07, 6.45) is -0.0710. The van der Waals surface area contributed by atoms with Crippen LogP contribution in [0.2, 0.25) is 0 Å². The van der Waals surface area contributed by atoms with E-state index < -0.39 is 15.9 Å². The summed E-state index contributed by atoms with van der Waals surface area (Å²) in [6, 6.07) is 12.7. The number of hydrogen-bond acceptors (Lipinski definition) is 4. The minimum absolute atomic E-state index is 0.0215. The maximum Gasteiger partial charge on any atom is 0.259 e. The second-order valence-corrected chi connectivity index (χ2v) is 11.4. The number of aryl methyl sites for hydroxylation is 1. The number of para-hydroxylation sites is 1. The number of pyridine rings is 1. The summed E-state index contributed by atoms with van der Waals surface area (Å²) >= 11 is 24.1. The molecule has 2 aliphatic rings. The molecule has 1 amide bonds. The first-order valence-corrected chi connectivity index (χ1v) is 12.5. The lowest BCUT2D eigenvalue weighted by Gasteiger charge is -2.44. The maximum absolute atomic E-state index is 12.5. The third kappa shape index (κ3) is 5.79. The van der Waals surface area contributed by atoms with Crippen LogP contribution >= 0.6 is 47.0 Å². The molecule has 1 saturated heterocycles. The Labute approximate surface area is 218 Å². The number of hydrogen-bond donors (Lipinski definition) is 2. The lowest BCUT2D eigenvalue weighted by Crippen LogP contribution is -2.60. The lowest BCUT2D eigenvalue weighted by molar-refractivity contribution is -0.123. The van der Waals surface area contributed by atoms with E-state index in [2.05, 4.69) is 10.6 Å². The number of ether oxygens (including phenoxy) is 1. The maximum atomic E-state index is 12.5. The Balaban J connectivity index is 1.39. The summed E-state index contributed by atoms with van der Waals surface area (Å²) in [5, 5.41) is 6.03. The van der Waals surface area contributed by atoms with Crippen molar-refractivity contribution in [2.75, 3.05) is 19.7 Å². The van der Waals surface area contributed by atoms with Gasteiger partial charge in [0, 0.05) is 37.3 Å². The fourth-order valence-corrected chi connectivity index (χ4v) is 5.14. The topological polar surface area (TPSA) is 75.6 Å². The third-order valence-electron chi connectivity index (χ3n) is 6.12. The first kappa shape index (κ1) is 25.1.